The lowest BCUT2D eigenvalue weighted by Crippen LogP contribution is -2.48. The number of piperazine rings is 1. The molecule has 0 bridgehead atoms. The van der Waals surface area contributed by atoms with E-state index in [1.54, 1.807) is 0 Å². The molecular formula is C32H30ClN5. The summed E-state index contributed by atoms with van der Waals surface area (Å²) < 4.78 is 2.22. The molecule has 1 unspecified atom stereocenters. The van der Waals surface area contributed by atoms with E-state index in [1.807, 2.05) is 30.3 Å². The van der Waals surface area contributed by atoms with Gasteiger partial charge in [0, 0.05) is 31.2 Å². The van der Waals surface area contributed by atoms with Crippen LogP contribution in [0.1, 0.15) is 40.8 Å². The molecule has 0 amide bonds. The first-order valence-corrected chi connectivity index (χ1v) is 13.6. The molecule has 190 valence electrons. The number of anilines is 1. The zero-order valence-electron chi connectivity index (χ0n) is 21.7. The number of pyridine rings is 1. The molecule has 0 saturated carbocycles. The molecule has 3 aromatic carbocycles. The van der Waals surface area contributed by atoms with Gasteiger partial charge in [-0.15, -0.1) is 0 Å². The average Bonchev–Trinajstić information content (AvgIpc) is 3.33. The van der Waals surface area contributed by atoms with Gasteiger partial charge in [0.05, 0.1) is 22.6 Å². The fourth-order valence-corrected chi connectivity index (χ4v) is 6.27. The van der Waals surface area contributed by atoms with Gasteiger partial charge in [-0.3, -0.25) is 9.30 Å². The van der Waals surface area contributed by atoms with E-state index in [4.69, 9.17) is 16.6 Å². The van der Waals surface area contributed by atoms with Crippen molar-refractivity contribution in [3.05, 3.63) is 112 Å². The summed E-state index contributed by atoms with van der Waals surface area (Å²) in [6, 6.07) is 29.6. The summed E-state index contributed by atoms with van der Waals surface area (Å²) in [7, 11) is 0. The minimum absolute atomic E-state index is 0.0921. The molecule has 6 rings (SSSR count). The van der Waals surface area contributed by atoms with E-state index in [-0.39, 0.29) is 6.04 Å². The number of nitriles is 1. The van der Waals surface area contributed by atoms with Crippen molar-refractivity contribution < 1.29 is 0 Å². The average molecular weight is 520 g/mol. The summed E-state index contributed by atoms with van der Waals surface area (Å²) in [5.41, 5.74) is 8.02. The number of para-hydroxylation sites is 2. The number of rotatable bonds is 5. The van der Waals surface area contributed by atoms with E-state index in [0.29, 0.717) is 5.56 Å². The minimum atomic E-state index is 0.0921. The van der Waals surface area contributed by atoms with Crippen molar-refractivity contribution in [2.45, 2.75) is 26.3 Å². The first kappa shape index (κ1) is 24.5. The highest BCUT2D eigenvalue weighted by atomic mass is 35.5. The van der Waals surface area contributed by atoms with Gasteiger partial charge in [-0.05, 0) is 53.8 Å². The first-order valence-electron chi connectivity index (χ1n) is 13.2. The highest BCUT2D eigenvalue weighted by Crippen LogP contribution is 2.37. The van der Waals surface area contributed by atoms with E-state index in [0.717, 1.165) is 65.4 Å². The molecule has 0 spiro atoms. The number of imidazole rings is 1. The topological polar surface area (TPSA) is 47.6 Å². The third-order valence-electron chi connectivity index (χ3n) is 7.85. The largest absolute Gasteiger partial charge is 0.355 e. The smallest absolute Gasteiger partial charge is 0.157 e. The molecule has 2 aromatic heterocycles. The van der Waals surface area contributed by atoms with Crippen molar-refractivity contribution in [2.24, 2.45) is 0 Å². The van der Waals surface area contributed by atoms with Crippen LogP contribution in [0.2, 0.25) is 5.02 Å². The van der Waals surface area contributed by atoms with Crippen molar-refractivity contribution in [3.63, 3.8) is 0 Å². The lowest BCUT2D eigenvalue weighted by Gasteiger charge is -2.41. The maximum atomic E-state index is 10.1. The van der Waals surface area contributed by atoms with Crippen LogP contribution < -0.4 is 4.90 Å². The van der Waals surface area contributed by atoms with Gasteiger partial charge in [0.25, 0.3) is 0 Å². The fourth-order valence-electron chi connectivity index (χ4n) is 6.03. The first-order chi connectivity index (χ1) is 18.6. The Morgan fingerprint density at radius 1 is 0.921 bits per heavy atom. The zero-order chi connectivity index (χ0) is 26.2. The molecule has 3 heterocycles. The van der Waals surface area contributed by atoms with Crippen LogP contribution in [0.3, 0.4) is 0 Å². The Hall–Kier alpha value is -3.85. The molecule has 6 heteroatoms. The molecule has 1 saturated heterocycles. The maximum Gasteiger partial charge on any atom is 0.157 e. The minimum Gasteiger partial charge on any atom is -0.355 e. The Balaban J connectivity index is 1.42. The van der Waals surface area contributed by atoms with Gasteiger partial charge < -0.3 is 4.90 Å². The molecular weight excluding hydrogens is 490 g/mol. The Bertz CT molecular complexity index is 1660. The lowest BCUT2D eigenvalue weighted by atomic mass is 9.96. The molecule has 1 fully saturated rings. The third kappa shape index (κ3) is 4.01. The summed E-state index contributed by atoms with van der Waals surface area (Å²) in [5.74, 6) is 1.17. The quantitative estimate of drug-likeness (QED) is 0.256. The van der Waals surface area contributed by atoms with Crippen LogP contribution in [0.25, 0.3) is 16.7 Å². The van der Waals surface area contributed by atoms with Crippen LogP contribution in [-0.2, 0) is 6.42 Å². The summed E-state index contributed by atoms with van der Waals surface area (Å²) in [6.07, 6.45) is 0.852. The number of nitrogens with zero attached hydrogens (tertiary/aromatic N) is 5. The summed E-state index contributed by atoms with van der Waals surface area (Å²) in [6.45, 7) is 7.76. The lowest BCUT2D eigenvalue weighted by molar-refractivity contribution is 0.212. The maximum absolute atomic E-state index is 10.1. The monoisotopic (exact) mass is 519 g/mol. The van der Waals surface area contributed by atoms with E-state index < -0.39 is 0 Å². The predicted octanol–water partition coefficient (Wildman–Crippen LogP) is 6.80. The van der Waals surface area contributed by atoms with Gasteiger partial charge in [-0.1, -0.05) is 79.2 Å². The summed E-state index contributed by atoms with van der Waals surface area (Å²) in [5, 5.41) is 10.9. The highest BCUT2D eigenvalue weighted by molar-refractivity contribution is 6.31. The number of halogens is 1. The van der Waals surface area contributed by atoms with Crippen LogP contribution in [0.15, 0.2) is 78.9 Å². The van der Waals surface area contributed by atoms with Crippen LogP contribution >= 0.6 is 11.6 Å². The van der Waals surface area contributed by atoms with Crippen molar-refractivity contribution in [1.29, 1.82) is 5.26 Å². The Labute approximate surface area is 228 Å². The molecule has 38 heavy (non-hydrogen) atoms. The number of benzene rings is 3. The van der Waals surface area contributed by atoms with Crippen LogP contribution in [-0.4, -0.2) is 40.5 Å². The van der Waals surface area contributed by atoms with E-state index in [1.165, 1.54) is 16.9 Å². The van der Waals surface area contributed by atoms with E-state index in [2.05, 4.69) is 82.6 Å². The summed E-state index contributed by atoms with van der Waals surface area (Å²) in [4.78, 5) is 9.92. The van der Waals surface area contributed by atoms with Crippen molar-refractivity contribution >= 4 is 34.1 Å². The number of fused-ring (bicyclic) bond motifs is 3. The fraction of sp³-hybridized carbons (Fsp3) is 0.250. The van der Waals surface area contributed by atoms with Crippen LogP contribution in [0.5, 0.6) is 0 Å². The molecule has 1 atom stereocenters. The normalized spacial score (nSPS) is 15.2. The third-order valence-corrected chi connectivity index (χ3v) is 8.20. The second-order valence-electron chi connectivity index (χ2n) is 9.88. The van der Waals surface area contributed by atoms with Crippen molar-refractivity contribution in [3.8, 4) is 6.07 Å². The van der Waals surface area contributed by atoms with Crippen molar-refractivity contribution in [2.75, 3.05) is 31.1 Å². The highest BCUT2D eigenvalue weighted by Gasteiger charge is 2.30. The Kier molecular flexibility index (Phi) is 6.53. The van der Waals surface area contributed by atoms with Gasteiger partial charge in [0.1, 0.15) is 11.9 Å². The molecule has 0 N–H and O–H groups in total. The zero-order valence-corrected chi connectivity index (χ0v) is 22.5. The number of aromatic nitrogens is 2. The Morgan fingerprint density at radius 3 is 2.32 bits per heavy atom. The van der Waals surface area contributed by atoms with Gasteiger partial charge in [-0.25, -0.2) is 4.98 Å². The van der Waals surface area contributed by atoms with Crippen LogP contribution in [0.4, 0.5) is 5.82 Å². The molecule has 1 aliphatic heterocycles. The predicted molar refractivity (Wildman–Crippen MR) is 155 cm³/mol. The van der Waals surface area contributed by atoms with Crippen LogP contribution in [0, 0.1) is 18.3 Å². The SMILES string of the molecule is CCc1c(C)c(C#N)c2nc3ccccc3n2c1N1CCN(C(c2ccccc2)c2ccccc2Cl)CC1. The second kappa shape index (κ2) is 10.1. The van der Waals surface area contributed by atoms with Gasteiger partial charge in [0.15, 0.2) is 5.65 Å². The summed E-state index contributed by atoms with van der Waals surface area (Å²) >= 11 is 6.73. The molecule has 0 radical (unpaired) electrons. The molecule has 1 aliphatic rings. The number of hydrogen-bond donors (Lipinski definition) is 0. The van der Waals surface area contributed by atoms with Gasteiger partial charge in [-0.2, -0.15) is 5.26 Å². The van der Waals surface area contributed by atoms with Gasteiger partial charge >= 0.3 is 0 Å². The standard InChI is InChI=1S/C32H30ClN5/c1-3-24-22(2)26(21-34)31-35-28-15-9-10-16-29(28)38(31)32(24)37-19-17-36(18-20-37)30(23-11-5-4-6-12-23)25-13-7-8-14-27(25)33/h4-16,30H,3,17-20H2,1-2H3. The van der Waals surface area contributed by atoms with Crippen molar-refractivity contribution in [1.82, 2.24) is 14.3 Å². The second-order valence-corrected chi connectivity index (χ2v) is 10.3. The molecule has 5 aromatic rings. The van der Waals surface area contributed by atoms with Gasteiger partial charge in [0.2, 0.25) is 0 Å². The molecule has 5 nitrogen and oxygen atoms in total. The Morgan fingerprint density at radius 2 is 1.61 bits per heavy atom. The van der Waals surface area contributed by atoms with E-state index >= 15 is 0 Å². The molecule has 0 aliphatic carbocycles. The number of hydrogen-bond acceptors (Lipinski definition) is 4. The van der Waals surface area contributed by atoms with E-state index in [9.17, 15) is 5.26 Å².